The molecule has 0 unspecified atom stereocenters. The number of halogens is 1. The predicted molar refractivity (Wildman–Crippen MR) is 88.2 cm³/mol. The third kappa shape index (κ3) is 5.28. The standard InChI is InChI=1S/C16H24ClNO2S/c17-13-16(10-5-2-6-11-16)14-18-21(19,20)12-9-15-7-3-1-4-8-15/h1,3-4,7-8,18H,2,5-6,9-14H2. The predicted octanol–water partition coefficient (Wildman–Crippen LogP) is 3.34. The lowest BCUT2D eigenvalue weighted by molar-refractivity contribution is 0.223. The fourth-order valence-electron chi connectivity index (χ4n) is 2.89. The number of rotatable bonds is 7. The number of benzene rings is 1. The van der Waals surface area contributed by atoms with Crippen molar-refractivity contribution in [3.63, 3.8) is 0 Å². The molecule has 1 aromatic carbocycles. The molecule has 0 atom stereocenters. The first-order valence-electron chi connectivity index (χ1n) is 7.63. The van der Waals surface area contributed by atoms with E-state index >= 15 is 0 Å². The minimum absolute atomic E-state index is 0.0420. The smallest absolute Gasteiger partial charge is 0.211 e. The summed E-state index contributed by atoms with van der Waals surface area (Å²) in [7, 11) is -3.24. The molecule has 21 heavy (non-hydrogen) atoms. The lowest BCUT2D eigenvalue weighted by atomic mass is 9.76. The highest BCUT2D eigenvalue weighted by molar-refractivity contribution is 7.89. The second-order valence-electron chi connectivity index (χ2n) is 6.07. The third-order valence-corrected chi connectivity index (χ3v) is 6.26. The number of aryl methyl sites for hydroxylation is 1. The number of nitrogens with one attached hydrogen (secondary N) is 1. The molecule has 5 heteroatoms. The van der Waals surface area contributed by atoms with Crippen LogP contribution in [0.2, 0.25) is 0 Å². The lowest BCUT2D eigenvalue weighted by Crippen LogP contribution is -2.41. The van der Waals surface area contributed by atoms with Gasteiger partial charge >= 0.3 is 0 Å². The first kappa shape index (κ1) is 16.8. The normalized spacial score (nSPS) is 18.5. The van der Waals surface area contributed by atoms with Crippen LogP contribution in [0.4, 0.5) is 0 Å². The molecule has 1 fully saturated rings. The van der Waals surface area contributed by atoms with Gasteiger partial charge in [-0.1, -0.05) is 49.6 Å². The molecule has 0 heterocycles. The number of sulfonamides is 1. The molecule has 1 aliphatic rings. The summed E-state index contributed by atoms with van der Waals surface area (Å²) in [6.45, 7) is 0.480. The molecule has 1 aliphatic carbocycles. The highest BCUT2D eigenvalue weighted by atomic mass is 35.5. The van der Waals surface area contributed by atoms with E-state index in [1.165, 1.54) is 6.42 Å². The van der Waals surface area contributed by atoms with Gasteiger partial charge in [0.2, 0.25) is 10.0 Å². The van der Waals surface area contributed by atoms with E-state index in [1.807, 2.05) is 30.3 Å². The van der Waals surface area contributed by atoms with Crippen LogP contribution in [0.3, 0.4) is 0 Å². The van der Waals surface area contributed by atoms with Gasteiger partial charge in [0.05, 0.1) is 5.75 Å². The Morgan fingerprint density at radius 2 is 1.76 bits per heavy atom. The van der Waals surface area contributed by atoms with Gasteiger partial charge in [0.25, 0.3) is 0 Å². The zero-order valence-corrected chi connectivity index (χ0v) is 13.9. The van der Waals surface area contributed by atoms with Gasteiger partial charge in [-0.25, -0.2) is 13.1 Å². The Labute approximate surface area is 133 Å². The van der Waals surface area contributed by atoms with E-state index in [9.17, 15) is 8.42 Å². The van der Waals surface area contributed by atoms with Crippen molar-refractivity contribution < 1.29 is 8.42 Å². The summed E-state index contributed by atoms with van der Waals surface area (Å²) in [4.78, 5) is 0. The van der Waals surface area contributed by atoms with Crippen LogP contribution >= 0.6 is 11.6 Å². The molecular formula is C16H24ClNO2S. The lowest BCUT2D eigenvalue weighted by Gasteiger charge is -2.35. The second-order valence-corrected chi connectivity index (χ2v) is 8.26. The van der Waals surface area contributed by atoms with Crippen molar-refractivity contribution in [1.29, 1.82) is 0 Å². The molecule has 0 radical (unpaired) electrons. The molecule has 2 rings (SSSR count). The molecule has 1 saturated carbocycles. The van der Waals surface area contributed by atoms with Gasteiger partial charge in [-0.2, -0.15) is 0 Å². The minimum atomic E-state index is -3.24. The Balaban J connectivity index is 1.85. The van der Waals surface area contributed by atoms with E-state index in [-0.39, 0.29) is 11.2 Å². The fraction of sp³-hybridized carbons (Fsp3) is 0.625. The third-order valence-electron chi connectivity index (χ3n) is 4.37. The van der Waals surface area contributed by atoms with Crippen LogP contribution in [0, 0.1) is 5.41 Å². The van der Waals surface area contributed by atoms with Crippen LogP contribution in [0.1, 0.15) is 37.7 Å². The maximum absolute atomic E-state index is 12.2. The SMILES string of the molecule is O=S(=O)(CCc1ccccc1)NCC1(CCl)CCCCC1. The van der Waals surface area contributed by atoms with Gasteiger partial charge in [0.15, 0.2) is 0 Å². The quantitative estimate of drug-likeness (QED) is 0.780. The van der Waals surface area contributed by atoms with E-state index in [0.717, 1.165) is 31.2 Å². The van der Waals surface area contributed by atoms with Gasteiger partial charge in [-0.15, -0.1) is 11.6 Å². The van der Waals surface area contributed by atoms with Crippen LogP contribution in [-0.2, 0) is 16.4 Å². The summed E-state index contributed by atoms with van der Waals surface area (Å²) >= 11 is 6.10. The van der Waals surface area contributed by atoms with Gasteiger partial charge in [0.1, 0.15) is 0 Å². The molecular weight excluding hydrogens is 306 g/mol. The maximum atomic E-state index is 12.2. The monoisotopic (exact) mass is 329 g/mol. The Hall–Kier alpha value is -0.580. The van der Waals surface area contributed by atoms with Crippen molar-refractivity contribution in [1.82, 2.24) is 4.72 Å². The van der Waals surface area contributed by atoms with Crippen molar-refractivity contribution in [3.8, 4) is 0 Å². The van der Waals surface area contributed by atoms with Gasteiger partial charge in [-0.05, 0) is 30.2 Å². The summed E-state index contributed by atoms with van der Waals surface area (Å²) in [5.41, 5.74) is 1.01. The maximum Gasteiger partial charge on any atom is 0.211 e. The van der Waals surface area contributed by atoms with Crippen LogP contribution in [0.25, 0.3) is 0 Å². The minimum Gasteiger partial charge on any atom is -0.215 e. The van der Waals surface area contributed by atoms with E-state index in [2.05, 4.69) is 4.72 Å². The Morgan fingerprint density at radius 3 is 2.38 bits per heavy atom. The van der Waals surface area contributed by atoms with Gasteiger partial charge in [0, 0.05) is 12.4 Å². The van der Waals surface area contributed by atoms with Crippen LogP contribution < -0.4 is 4.72 Å². The molecule has 0 aliphatic heterocycles. The molecule has 1 N–H and O–H groups in total. The summed E-state index contributed by atoms with van der Waals surface area (Å²) in [6, 6.07) is 9.71. The van der Waals surface area contributed by atoms with Gasteiger partial charge in [-0.3, -0.25) is 0 Å². The zero-order valence-electron chi connectivity index (χ0n) is 12.4. The molecule has 0 saturated heterocycles. The summed E-state index contributed by atoms with van der Waals surface area (Å²) in [6.07, 6.45) is 6.13. The molecule has 0 amide bonds. The van der Waals surface area contributed by atoms with Crippen LogP contribution in [-0.4, -0.2) is 26.6 Å². The number of hydrogen-bond donors (Lipinski definition) is 1. The fourth-order valence-corrected chi connectivity index (χ4v) is 4.43. The number of hydrogen-bond acceptors (Lipinski definition) is 2. The van der Waals surface area contributed by atoms with Crippen LogP contribution in [0.15, 0.2) is 30.3 Å². The van der Waals surface area contributed by atoms with E-state index in [1.54, 1.807) is 0 Å². The summed E-state index contributed by atoms with van der Waals surface area (Å²) in [5, 5.41) is 0. The first-order valence-corrected chi connectivity index (χ1v) is 9.81. The molecule has 0 bridgehead atoms. The molecule has 1 aromatic rings. The number of alkyl halides is 1. The molecule has 3 nitrogen and oxygen atoms in total. The van der Waals surface area contributed by atoms with Crippen molar-refractivity contribution in [3.05, 3.63) is 35.9 Å². The average molecular weight is 330 g/mol. The average Bonchev–Trinajstić information content (AvgIpc) is 2.53. The summed E-state index contributed by atoms with van der Waals surface area (Å²) < 4.78 is 27.1. The van der Waals surface area contributed by atoms with E-state index in [4.69, 9.17) is 11.6 Å². The Bertz CT molecular complexity index is 524. The summed E-state index contributed by atoms with van der Waals surface area (Å²) in [5.74, 6) is 0.670. The topological polar surface area (TPSA) is 46.2 Å². The molecule has 0 spiro atoms. The van der Waals surface area contributed by atoms with Gasteiger partial charge < -0.3 is 0 Å². The molecule has 0 aromatic heterocycles. The van der Waals surface area contributed by atoms with Crippen molar-refractivity contribution in [2.24, 2.45) is 5.41 Å². The Kier molecular flexibility index (Phi) is 6.08. The zero-order chi connectivity index (χ0) is 15.2. The first-order chi connectivity index (χ1) is 10.1. The van der Waals surface area contributed by atoms with Crippen molar-refractivity contribution >= 4 is 21.6 Å². The molecule has 118 valence electrons. The van der Waals surface area contributed by atoms with E-state index in [0.29, 0.717) is 18.8 Å². The Morgan fingerprint density at radius 1 is 1.10 bits per heavy atom. The highest BCUT2D eigenvalue weighted by Gasteiger charge is 2.32. The van der Waals surface area contributed by atoms with Crippen molar-refractivity contribution in [2.45, 2.75) is 38.5 Å². The van der Waals surface area contributed by atoms with E-state index < -0.39 is 10.0 Å². The highest BCUT2D eigenvalue weighted by Crippen LogP contribution is 2.36. The largest absolute Gasteiger partial charge is 0.215 e. The van der Waals surface area contributed by atoms with Crippen LogP contribution in [0.5, 0.6) is 0 Å². The van der Waals surface area contributed by atoms with Crippen molar-refractivity contribution in [2.75, 3.05) is 18.2 Å². The second kappa shape index (κ2) is 7.61.